The molecule has 0 saturated heterocycles. The number of nitrogens with one attached hydrogen (secondary N) is 1. The third-order valence-electron chi connectivity index (χ3n) is 5.45. The highest BCUT2D eigenvalue weighted by Crippen LogP contribution is 2.38. The first-order valence-electron chi connectivity index (χ1n) is 10.6. The molecule has 1 aliphatic rings. The average Bonchev–Trinajstić information content (AvgIpc) is 3.35. The van der Waals surface area contributed by atoms with Crippen LogP contribution in [0.4, 0.5) is 0 Å². The van der Waals surface area contributed by atoms with Gasteiger partial charge in [0.25, 0.3) is 5.91 Å². The smallest absolute Gasteiger partial charge is 0.280 e. The van der Waals surface area contributed by atoms with Crippen LogP contribution in [0.5, 0.6) is 17.4 Å². The van der Waals surface area contributed by atoms with Crippen LogP contribution in [0.15, 0.2) is 53.5 Å². The molecule has 7 heteroatoms. The Morgan fingerprint density at radius 2 is 1.56 bits per heavy atom. The molecule has 0 spiro atoms. The van der Waals surface area contributed by atoms with Crippen LogP contribution in [0, 0.1) is 0 Å². The zero-order valence-corrected chi connectivity index (χ0v) is 19.4. The van der Waals surface area contributed by atoms with Crippen LogP contribution in [-0.4, -0.2) is 40.8 Å². The van der Waals surface area contributed by atoms with Crippen molar-refractivity contribution in [3.63, 3.8) is 0 Å². The first kappa shape index (κ1) is 22.1. The highest BCUT2D eigenvalue weighted by atomic mass is 79.9. The summed E-state index contributed by atoms with van der Waals surface area (Å²) in [6, 6.07) is 14.7. The number of methoxy groups -OCH3 is 1. The number of nitrogens with zero attached hydrogens (tertiary/aromatic N) is 1. The van der Waals surface area contributed by atoms with Crippen molar-refractivity contribution in [2.75, 3.05) is 19.0 Å². The number of carbonyl (C=O) groups excluding carboxylic acids is 1. The van der Waals surface area contributed by atoms with Gasteiger partial charge in [-0.15, -0.1) is 0 Å². The van der Waals surface area contributed by atoms with Crippen LogP contribution < -0.4 is 9.47 Å². The minimum atomic E-state index is -0.374. The highest BCUT2D eigenvalue weighted by molar-refractivity contribution is 9.09. The summed E-state index contributed by atoms with van der Waals surface area (Å²) in [6.45, 7) is 0.676. The number of amides is 1. The molecule has 0 fully saturated rings. The van der Waals surface area contributed by atoms with Crippen LogP contribution >= 0.6 is 15.9 Å². The number of H-pyrrole nitrogens is 1. The van der Waals surface area contributed by atoms with Crippen molar-refractivity contribution >= 4 is 27.5 Å². The molecule has 1 amide bonds. The van der Waals surface area contributed by atoms with E-state index in [-0.39, 0.29) is 11.8 Å². The number of aromatic hydroxyl groups is 1. The van der Waals surface area contributed by atoms with Gasteiger partial charge in [0.2, 0.25) is 0 Å². The number of hydrogen-bond donors (Lipinski definition) is 2. The van der Waals surface area contributed by atoms with Crippen molar-refractivity contribution < 1.29 is 19.4 Å². The van der Waals surface area contributed by atoms with Gasteiger partial charge in [-0.3, -0.25) is 4.79 Å². The number of ether oxygens (including phenoxy) is 2. The number of halogens is 1. The minimum absolute atomic E-state index is 0.0702. The van der Waals surface area contributed by atoms with E-state index >= 15 is 0 Å². The molecule has 2 N–H and O–H groups in total. The number of carbonyl (C=O) groups is 1. The molecule has 1 aliphatic heterocycles. The summed E-state index contributed by atoms with van der Waals surface area (Å²) in [5.74, 6) is 1.04. The number of unbranched alkanes of at least 4 members (excludes halogenated alkanes) is 3. The Bertz CT molecular complexity index is 1120. The summed E-state index contributed by atoms with van der Waals surface area (Å²) in [7, 11) is 1.60. The SMILES string of the molecule is COc1ccc(-c2[nH]c(O)c3c2C(=O)N=C3c2ccc(OCCCCCCBr)cc2)cc1. The van der Waals surface area contributed by atoms with Gasteiger partial charge in [-0.05, 0) is 66.9 Å². The fraction of sp³-hybridized carbons (Fsp3) is 0.280. The number of aromatic amines is 1. The fourth-order valence-corrected chi connectivity index (χ4v) is 4.17. The van der Waals surface area contributed by atoms with Crippen molar-refractivity contribution in [2.24, 2.45) is 4.99 Å². The Hall–Kier alpha value is -3.06. The highest BCUT2D eigenvalue weighted by Gasteiger charge is 2.33. The van der Waals surface area contributed by atoms with Crippen molar-refractivity contribution in [1.29, 1.82) is 0 Å². The lowest BCUT2D eigenvalue weighted by Gasteiger charge is -2.07. The van der Waals surface area contributed by atoms with Crippen molar-refractivity contribution in [1.82, 2.24) is 4.98 Å². The van der Waals surface area contributed by atoms with E-state index in [1.54, 1.807) is 19.2 Å². The van der Waals surface area contributed by atoms with Crippen LogP contribution in [0.3, 0.4) is 0 Å². The fourth-order valence-electron chi connectivity index (χ4n) is 3.78. The number of aliphatic imine (C=N–C) groups is 1. The van der Waals surface area contributed by atoms with Crippen molar-refractivity contribution in [3.05, 3.63) is 65.2 Å². The summed E-state index contributed by atoms with van der Waals surface area (Å²) in [6.07, 6.45) is 4.55. The van der Waals surface area contributed by atoms with Gasteiger partial charge in [-0.2, -0.15) is 0 Å². The Labute approximate surface area is 195 Å². The molecule has 0 saturated carbocycles. The lowest BCUT2D eigenvalue weighted by Crippen LogP contribution is -2.01. The monoisotopic (exact) mass is 496 g/mol. The molecule has 0 radical (unpaired) electrons. The minimum Gasteiger partial charge on any atom is -0.497 e. The maximum atomic E-state index is 12.7. The van der Waals surface area contributed by atoms with Gasteiger partial charge in [0, 0.05) is 10.9 Å². The Morgan fingerprint density at radius 1 is 0.906 bits per heavy atom. The zero-order valence-electron chi connectivity index (χ0n) is 17.9. The molecule has 32 heavy (non-hydrogen) atoms. The maximum Gasteiger partial charge on any atom is 0.280 e. The normalized spacial score (nSPS) is 12.6. The number of hydrogen-bond acceptors (Lipinski definition) is 4. The van der Waals surface area contributed by atoms with E-state index in [9.17, 15) is 9.90 Å². The number of aromatic nitrogens is 1. The lowest BCUT2D eigenvalue weighted by atomic mass is 10.00. The van der Waals surface area contributed by atoms with Gasteiger partial charge in [-0.1, -0.05) is 28.8 Å². The standard InChI is InChI=1S/C25H25BrN2O4/c1-31-18-10-6-16(7-11-18)22-20-21(25(30)27-22)23(28-24(20)29)17-8-12-19(13-9-17)32-15-5-3-2-4-14-26/h6-13,27,30H,2-5,14-15H2,1H3. The van der Waals surface area contributed by atoms with E-state index in [0.717, 1.165) is 35.0 Å². The zero-order chi connectivity index (χ0) is 22.5. The number of benzene rings is 2. The summed E-state index contributed by atoms with van der Waals surface area (Å²) >= 11 is 3.44. The van der Waals surface area contributed by atoms with Crippen molar-refractivity contribution in [3.8, 4) is 28.6 Å². The molecule has 1 aromatic heterocycles. The quantitative estimate of drug-likeness (QED) is 0.277. The molecule has 4 rings (SSSR count). The second-order valence-electron chi connectivity index (χ2n) is 7.57. The van der Waals surface area contributed by atoms with Gasteiger partial charge in [-0.25, -0.2) is 4.99 Å². The molecule has 2 heterocycles. The average molecular weight is 497 g/mol. The third kappa shape index (κ3) is 4.58. The van der Waals surface area contributed by atoms with Crippen LogP contribution in [-0.2, 0) is 0 Å². The number of rotatable bonds is 10. The first-order valence-corrected chi connectivity index (χ1v) is 11.8. The van der Waals surface area contributed by atoms with E-state index in [4.69, 9.17) is 9.47 Å². The second kappa shape index (κ2) is 10.0. The largest absolute Gasteiger partial charge is 0.497 e. The molecule has 0 unspecified atom stereocenters. The molecule has 166 valence electrons. The van der Waals surface area contributed by atoms with Gasteiger partial charge < -0.3 is 19.6 Å². The van der Waals surface area contributed by atoms with E-state index < -0.39 is 0 Å². The van der Waals surface area contributed by atoms with E-state index in [2.05, 4.69) is 25.9 Å². The Kier molecular flexibility index (Phi) is 6.95. The molecule has 2 aromatic carbocycles. The first-order chi connectivity index (χ1) is 15.6. The van der Waals surface area contributed by atoms with Crippen LogP contribution in [0.1, 0.15) is 47.2 Å². The van der Waals surface area contributed by atoms with E-state index in [1.807, 2.05) is 36.4 Å². The second-order valence-corrected chi connectivity index (χ2v) is 8.36. The molecular formula is C25H25BrN2O4. The van der Waals surface area contributed by atoms with Crippen LogP contribution in [0.25, 0.3) is 11.3 Å². The topological polar surface area (TPSA) is 83.9 Å². The summed E-state index contributed by atoms with van der Waals surface area (Å²) in [4.78, 5) is 19.9. The van der Waals surface area contributed by atoms with E-state index in [0.29, 0.717) is 34.9 Å². The Morgan fingerprint density at radius 3 is 2.25 bits per heavy atom. The van der Waals surface area contributed by atoms with Gasteiger partial charge >= 0.3 is 0 Å². The number of alkyl halides is 1. The molecule has 0 bridgehead atoms. The maximum absolute atomic E-state index is 12.7. The molecule has 0 aliphatic carbocycles. The van der Waals surface area contributed by atoms with Gasteiger partial charge in [0.1, 0.15) is 11.5 Å². The molecule has 0 atom stereocenters. The molecular weight excluding hydrogens is 472 g/mol. The number of fused-ring (bicyclic) bond motifs is 1. The van der Waals surface area contributed by atoms with E-state index in [1.165, 1.54) is 12.8 Å². The predicted octanol–water partition coefficient (Wildman–Crippen LogP) is 5.72. The summed E-state index contributed by atoms with van der Waals surface area (Å²) < 4.78 is 11.0. The predicted molar refractivity (Wildman–Crippen MR) is 129 cm³/mol. The van der Waals surface area contributed by atoms with Gasteiger partial charge in [0.05, 0.1) is 36.2 Å². The molecule has 6 nitrogen and oxygen atoms in total. The summed E-state index contributed by atoms with van der Waals surface area (Å²) in [5, 5.41) is 11.6. The van der Waals surface area contributed by atoms with Crippen LogP contribution in [0.2, 0.25) is 0 Å². The van der Waals surface area contributed by atoms with Crippen molar-refractivity contribution in [2.45, 2.75) is 25.7 Å². The molecule has 3 aromatic rings. The summed E-state index contributed by atoms with van der Waals surface area (Å²) in [5.41, 5.74) is 3.33. The third-order valence-corrected chi connectivity index (χ3v) is 6.01. The lowest BCUT2D eigenvalue weighted by molar-refractivity contribution is 0.101. The van der Waals surface area contributed by atoms with Gasteiger partial charge in [0.15, 0.2) is 5.88 Å². The Balaban J connectivity index is 1.50.